The standard InChI is InChI=1S/C15H18N2O2/c1-10-2-3-13-12(6-10)7-14(19-13)15(18)17-5-4-11(8-16)9-17/h2-3,6-7,11H,4-5,8-9,16H2,1H3. The summed E-state index contributed by atoms with van der Waals surface area (Å²) in [4.78, 5) is 14.2. The van der Waals surface area contributed by atoms with E-state index in [1.165, 1.54) is 0 Å². The van der Waals surface area contributed by atoms with Crippen molar-refractivity contribution in [3.63, 3.8) is 0 Å². The molecule has 1 aliphatic heterocycles. The maximum atomic E-state index is 12.4. The van der Waals surface area contributed by atoms with E-state index in [4.69, 9.17) is 10.2 Å². The van der Waals surface area contributed by atoms with Crippen LogP contribution in [0.3, 0.4) is 0 Å². The van der Waals surface area contributed by atoms with Crippen LogP contribution in [0.1, 0.15) is 22.5 Å². The fourth-order valence-corrected chi connectivity index (χ4v) is 2.63. The first-order chi connectivity index (χ1) is 9.17. The number of aryl methyl sites for hydroxylation is 1. The number of benzene rings is 1. The van der Waals surface area contributed by atoms with E-state index in [-0.39, 0.29) is 5.91 Å². The minimum absolute atomic E-state index is 0.0233. The van der Waals surface area contributed by atoms with Crippen LogP contribution < -0.4 is 5.73 Å². The van der Waals surface area contributed by atoms with Crippen molar-refractivity contribution in [3.05, 3.63) is 35.6 Å². The molecule has 1 saturated heterocycles. The summed E-state index contributed by atoms with van der Waals surface area (Å²) in [6, 6.07) is 7.76. The number of amides is 1. The molecule has 2 N–H and O–H groups in total. The van der Waals surface area contributed by atoms with E-state index < -0.39 is 0 Å². The fraction of sp³-hybridized carbons (Fsp3) is 0.400. The molecule has 1 aromatic heterocycles. The number of fused-ring (bicyclic) bond motifs is 1. The van der Waals surface area contributed by atoms with Gasteiger partial charge in [-0.2, -0.15) is 0 Å². The number of rotatable bonds is 2. The van der Waals surface area contributed by atoms with Gasteiger partial charge in [0.15, 0.2) is 5.76 Å². The van der Waals surface area contributed by atoms with Crippen molar-refractivity contribution < 1.29 is 9.21 Å². The van der Waals surface area contributed by atoms with Crippen LogP contribution in [0.15, 0.2) is 28.7 Å². The summed E-state index contributed by atoms with van der Waals surface area (Å²) in [5, 5.41) is 0.984. The van der Waals surface area contributed by atoms with E-state index in [0.717, 1.165) is 36.0 Å². The van der Waals surface area contributed by atoms with E-state index >= 15 is 0 Å². The molecular formula is C15H18N2O2. The molecule has 1 aliphatic rings. The van der Waals surface area contributed by atoms with Crippen molar-refractivity contribution in [2.45, 2.75) is 13.3 Å². The summed E-state index contributed by atoms with van der Waals surface area (Å²) in [7, 11) is 0. The van der Waals surface area contributed by atoms with Gasteiger partial charge >= 0.3 is 0 Å². The quantitative estimate of drug-likeness (QED) is 0.898. The molecule has 3 rings (SSSR count). The molecule has 1 amide bonds. The highest BCUT2D eigenvalue weighted by Crippen LogP contribution is 2.24. The number of furan rings is 1. The van der Waals surface area contributed by atoms with Crippen molar-refractivity contribution in [2.24, 2.45) is 11.7 Å². The molecule has 1 unspecified atom stereocenters. The molecule has 2 aromatic rings. The smallest absolute Gasteiger partial charge is 0.289 e. The van der Waals surface area contributed by atoms with Gasteiger partial charge in [-0.05, 0) is 44.0 Å². The normalized spacial score (nSPS) is 19.3. The van der Waals surface area contributed by atoms with Gasteiger partial charge in [0.1, 0.15) is 5.58 Å². The number of likely N-dealkylation sites (tertiary alicyclic amines) is 1. The van der Waals surface area contributed by atoms with Gasteiger partial charge in [-0.3, -0.25) is 4.79 Å². The van der Waals surface area contributed by atoms with Gasteiger partial charge in [0.25, 0.3) is 5.91 Å². The SMILES string of the molecule is Cc1ccc2oc(C(=O)N3CCC(CN)C3)cc2c1. The fourth-order valence-electron chi connectivity index (χ4n) is 2.63. The lowest BCUT2D eigenvalue weighted by atomic mass is 10.1. The summed E-state index contributed by atoms with van der Waals surface area (Å²) in [5.74, 6) is 0.832. The van der Waals surface area contributed by atoms with Crippen molar-refractivity contribution >= 4 is 16.9 Å². The largest absolute Gasteiger partial charge is 0.451 e. The van der Waals surface area contributed by atoms with E-state index in [1.807, 2.05) is 36.1 Å². The molecule has 19 heavy (non-hydrogen) atoms. The number of hydrogen-bond donors (Lipinski definition) is 1. The number of nitrogens with two attached hydrogens (primary N) is 1. The third-order valence-corrected chi connectivity index (χ3v) is 3.79. The second kappa shape index (κ2) is 4.70. The second-order valence-electron chi connectivity index (χ2n) is 5.29. The van der Waals surface area contributed by atoms with E-state index in [0.29, 0.717) is 18.2 Å². The molecule has 0 saturated carbocycles. The van der Waals surface area contributed by atoms with Gasteiger partial charge in [0.2, 0.25) is 0 Å². The Morgan fingerprint density at radius 3 is 3.05 bits per heavy atom. The lowest BCUT2D eigenvalue weighted by Gasteiger charge is -2.14. The van der Waals surface area contributed by atoms with E-state index in [9.17, 15) is 4.79 Å². The Morgan fingerprint density at radius 1 is 1.47 bits per heavy atom. The lowest BCUT2D eigenvalue weighted by Crippen LogP contribution is -2.29. The van der Waals surface area contributed by atoms with Gasteiger partial charge in [0, 0.05) is 18.5 Å². The average Bonchev–Trinajstić information content (AvgIpc) is 3.03. The Hall–Kier alpha value is -1.81. The third kappa shape index (κ3) is 2.24. The maximum Gasteiger partial charge on any atom is 0.289 e. The molecule has 1 aromatic carbocycles. The molecule has 0 radical (unpaired) electrons. The third-order valence-electron chi connectivity index (χ3n) is 3.79. The van der Waals surface area contributed by atoms with Crippen LogP contribution in [0.2, 0.25) is 0 Å². The van der Waals surface area contributed by atoms with Crippen LogP contribution in [-0.4, -0.2) is 30.4 Å². The highest BCUT2D eigenvalue weighted by Gasteiger charge is 2.27. The minimum Gasteiger partial charge on any atom is -0.451 e. The molecule has 2 heterocycles. The number of nitrogens with zero attached hydrogens (tertiary/aromatic N) is 1. The molecular weight excluding hydrogens is 240 g/mol. The van der Waals surface area contributed by atoms with Crippen LogP contribution in [0.25, 0.3) is 11.0 Å². The van der Waals surface area contributed by atoms with Crippen LogP contribution in [-0.2, 0) is 0 Å². The van der Waals surface area contributed by atoms with Crippen LogP contribution in [0, 0.1) is 12.8 Å². The first kappa shape index (κ1) is 12.2. The Kier molecular flexibility index (Phi) is 3.03. The van der Waals surface area contributed by atoms with E-state index in [1.54, 1.807) is 0 Å². The monoisotopic (exact) mass is 258 g/mol. The lowest BCUT2D eigenvalue weighted by molar-refractivity contribution is 0.0758. The van der Waals surface area contributed by atoms with Crippen molar-refractivity contribution in [3.8, 4) is 0 Å². The summed E-state index contributed by atoms with van der Waals surface area (Å²) < 4.78 is 5.64. The highest BCUT2D eigenvalue weighted by atomic mass is 16.3. The molecule has 1 atom stereocenters. The van der Waals surface area contributed by atoms with Crippen molar-refractivity contribution in [1.82, 2.24) is 4.90 Å². The summed E-state index contributed by atoms with van der Waals surface area (Å²) in [6.07, 6.45) is 0.988. The van der Waals surface area contributed by atoms with Crippen LogP contribution >= 0.6 is 0 Å². The van der Waals surface area contributed by atoms with Gasteiger partial charge in [0.05, 0.1) is 0 Å². The molecule has 0 spiro atoms. The number of carbonyl (C=O) groups excluding carboxylic acids is 1. The van der Waals surface area contributed by atoms with Crippen LogP contribution in [0.4, 0.5) is 0 Å². The maximum absolute atomic E-state index is 12.4. The van der Waals surface area contributed by atoms with E-state index in [2.05, 4.69) is 0 Å². The first-order valence-corrected chi connectivity index (χ1v) is 6.67. The summed E-state index contributed by atoms with van der Waals surface area (Å²) in [5.41, 5.74) is 7.58. The predicted octanol–water partition coefficient (Wildman–Crippen LogP) is 2.16. The summed E-state index contributed by atoms with van der Waals surface area (Å²) >= 11 is 0. The Balaban J connectivity index is 1.86. The predicted molar refractivity (Wildman–Crippen MR) is 74.0 cm³/mol. The van der Waals surface area contributed by atoms with Crippen molar-refractivity contribution in [2.75, 3.05) is 19.6 Å². The first-order valence-electron chi connectivity index (χ1n) is 6.67. The topological polar surface area (TPSA) is 59.5 Å². The van der Waals surface area contributed by atoms with Crippen molar-refractivity contribution in [1.29, 1.82) is 0 Å². The Labute approximate surface area is 112 Å². The molecule has 1 fully saturated rings. The zero-order valence-corrected chi connectivity index (χ0v) is 11.1. The van der Waals surface area contributed by atoms with Crippen LogP contribution in [0.5, 0.6) is 0 Å². The molecule has 0 bridgehead atoms. The molecule has 100 valence electrons. The average molecular weight is 258 g/mol. The second-order valence-corrected chi connectivity index (χ2v) is 5.29. The van der Waals surface area contributed by atoms with Gasteiger partial charge < -0.3 is 15.1 Å². The number of carbonyl (C=O) groups is 1. The summed E-state index contributed by atoms with van der Waals surface area (Å²) in [6.45, 7) is 4.19. The van der Waals surface area contributed by atoms with Gasteiger partial charge in [-0.15, -0.1) is 0 Å². The Bertz CT molecular complexity index is 618. The van der Waals surface area contributed by atoms with Gasteiger partial charge in [-0.25, -0.2) is 0 Å². The van der Waals surface area contributed by atoms with Gasteiger partial charge in [-0.1, -0.05) is 11.6 Å². The zero-order valence-electron chi connectivity index (χ0n) is 11.1. The molecule has 4 nitrogen and oxygen atoms in total. The Morgan fingerprint density at radius 2 is 2.32 bits per heavy atom. The molecule has 4 heteroatoms. The highest BCUT2D eigenvalue weighted by molar-refractivity contribution is 5.96. The minimum atomic E-state index is -0.0233. The molecule has 0 aliphatic carbocycles. The number of hydrogen-bond acceptors (Lipinski definition) is 3. The zero-order chi connectivity index (χ0) is 13.4.